The highest BCUT2D eigenvalue weighted by molar-refractivity contribution is 5.71. The lowest BCUT2D eigenvalue weighted by molar-refractivity contribution is -0.167. The maximum Gasteiger partial charge on any atom is 0.306 e. The predicted octanol–water partition coefficient (Wildman–Crippen LogP) is 17.8. The van der Waals surface area contributed by atoms with Crippen LogP contribution in [0.3, 0.4) is 0 Å². The molecule has 0 spiro atoms. The first-order valence-electron chi connectivity index (χ1n) is 26.9. The van der Waals surface area contributed by atoms with Crippen LogP contribution in [-0.4, -0.2) is 37.2 Å². The van der Waals surface area contributed by atoms with E-state index in [1.165, 1.54) is 116 Å². The van der Waals surface area contributed by atoms with E-state index in [9.17, 15) is 14.4 Å². The minimum atomic E-state index is -0.780. The van der Waals surface area contributed by atoms with E-state index >= 15 is 0 Å². The van der Waals surface area contributed by atoms with Crippen LogP contribution in [0, 0.1) is 0 Å². The topological polar surface area (TPSA) is 78.9 Å². The normalized spacial score (nSPS) is 12.6. The molecule has 0 saturated heterocycles. The quantitative estimate of drug-likeness (QED) is 0.0262. The van der Waals surface area contributed by atoms with E-state index in [4.69, 9.17) is 14.2 Å². The number of carbonyl (C=O) groups is 3. The van der Waals surface area contributed by atoms with Gasteiger partial charge in [-0.2, -0.15) is 0 Å². The number of rotatable bonds is 48. The fraction of sp³-hybridized carbons (Fsp3) is 0.741. The average molecular weight is 893 g/mol. The van der Waals surface area contributed by atoms with Gasteiger partial charge in [0.15, 0.2) is 6.10 Å². The Balaban J connectivity index is 4.30. The maximum absolute atomic E-state index is 12.8. The number of carbonyl (C=O) groups excluding carboxylic acids is 3. The van der Waals surface area contributed by atoms with Gasteiger partial charge >= 0.3 is 17.9 Å². The van der Waals surface area contributed by atoms with E-state index in [1.54, 1.807) is 0 Å². The molecule has 0 heterocycles. The van der Waals surface area contributed by atoms with E-state index in [1.807, 2.05) is 0 Å². The fourth-order valence-corrected chi connectivity index (χ4v) is 7.39. The molecule has 0 fully saturated rings. The Hall–Kier alpha value is -3.15. The molecule has 64 heavy (non-hydrogen) atoms. The van der Waals surface area contributed by atoms with Crippen molar-refractivity contribution in [3.8, 4) is 0 Å². The smallest absolute Gasteiger partial charge is 0.306 e. The average Bonchev–Trinajstić information content (AvgIpc) is 3.29. The Morgan fingerprint density at radius 2 is 0.625 bits per heavy atom. The van der Waals surface area contributed by atoms with E-state index in [-0.39, 0.29) is 31.1 Å². The summed E-state index contributed by atoms with van der Waals surface area (Å²) in [7, 11) is 0. The third-order valence-electron chi connectivity index (χ3n) is 11.4. The van der Waals surface area contributed by atoms with E-state index < -0.39 is 6.10 Å². The summed E-state index contributed by atoms with van der Waals surface area (Å²) in [6.45, 7) is 6.47. The molecule has 0 bridgehead atoms. The molecular weight excluding hydrogens is 793 g/mol. The summed E-state index contributed by atoms with van der Waals surface area (Å²) in [5, 5.41) is 0. The van der Waals surface area contributed by atoms with Gasteiger partial charge in [-0.1, -0.05) is 229 Å². The van der Waals surface area contributed by atoms with Crippen molar-refractivity contribution in [2.75, 3.05) is 13.2 Å². The minimum Gasteiger partial charge on any atom is -0.462 e. The summed E-state index contributed by atoms with van der Waals surface area (Å²) in [5.41, 5.74) is 0. The summed E-state index contributed by atoms with van der Waals surface area (Å²) in [5.74, 6) is -0.898. The van der Waals surface area contributed by atoms with Crippen molar-refractivity contribution in [2.24, 2.45) is 0 Å². The zero-order chi connectivity index (χ0) is 46.5. The Labute approximate surface area is 395 Å². The first-order valence-corrected chi connectivity index (χ1v) is 26.9. The zero-order valence-electron chi connectivity index (χ0n) is 42.0. The van der Waals surface area contributed by atoms with Gasteiger partial charge < -0.3 is 14.2 Å². The minimum absolute atomic E-state index is 0.0816. The molecule has 1 unspecified atom stereocenters. The molecule has 1 atom stereocenters. The predicted molar refractivity (Wildman–Crippen MR) is 274 cm³/mol. The van der Waals surface area contributed by atoms with Gasteiger partial charge in [0.2, 0.25) is 0 Å². The van der Waals surface area contributed by atoms with Crippen molar-refractivity contribution in [1.29, 1.82) is 0 Å². The molecule has 6 nitrogen and oxygen atoms in total. The summed E-state index contributed by atoms with van der Waals surface area (Å²) >= 11 is 0. The number of unbranched alkanes of at least 4 members (excludes halogenated alkanes) is 25. The van der Waals surface area contributed by atoms with Gasteiger partial charge in [-0.3, -0.25) is 14.4 Å². The lowest BCUT2D eigenvalue weighted by atomic mass is 10.0. The molecule has 0 saturated carbocycles. The van der Waals surface area contributed by atoms with Crippen LogP contribution < -0.4 is 0 Å². The van der Waals surface area contributed by atoms with Gasteiger partial charge in [0.05, 0.1) is 0 Å². The second-order valence-electron chi connectivity index (χ2n) is 17.8. The lowest BCUT2D eigenvalue weighted by Gasteiger charge is -2.18. The molecule has 0 radical (unpaired) electrons. The first-order chi connectivity index (χ1) is 31.5. The third-order valence-corrected chi connectivity index (χ3v) is 11.4. The Kier molecular flexibility index (Phi) is 49.9. The second kappa shape index (κ2) is 52.5. The van der Waals surface area contributed by atoms with Gasteiger partial charge in [-0.05, 0) is 83.5 Å². The van der Waals surface area contributed by atoms with Crippen LogP contribution in [0.4, 0.5) is 0 Å². The molecule has 0 aliphatic carbocycles. The van der Waals surface area contributed by atoms with Crippen LogP contribution in [0.15, 0.2) is 72.9 Å². The number of hydrogen-bond acceptors (Lipinski definition) is 6. The standard InChI is InChI=1S/C58H100O6/c1-4-7-10-13-16-19-22-24-25-26-27-28-29-30-31-32-33-34-37-39-42-45-48-51-57(60)63-54-55(53-62-56(59)50-47-44-41-38-35-21-18-15-12-9-6-3)64-58(61)52-49-46-43-40-36-23-20-17-14-11-8-5-2/h7,10,15-16,18-19,24-25,27-28,30-31,55H,4-6,8-9,11-14,17,20-23,26,29,32-54H2,1-3H3/b10-7-,18-15-,19-16-,25-24-,28-27-,31-30-. The van der Waals surface area contributed by atoms with Crippen LogP contribution in [-0.2, 0) is 28.6 Å². The largest absolute Gasteiger partial charge is 0.462 e. The number of ether oxygens (including phenoxy) is 3. The molecule has 0 rings (SSSR count). The first kappa shape index (κ1) is 60.9. The van der Waals surface area contributed by atoms with Gasteiger partial charge in [-0.25, -0.2) is 0 Å². The van der Waals surface area contributed by atoms with Crippen molar-refractivity contribution < 1.29 is 28.6 Å². The summed E-state index contributed by atoms with van der Waals surface area (Å²) in [6, 6.07) is 0. The molecule has 0 N–H and O–H groups in total. The van der Waals surface area contributed by atoms with Crippen molar-refractivity contribution in [1.82, 2.24) is 0 Å². The summed E-state index contributed by atoms with van der Waals surface area (Å²) in [4.78, 5) is 38.0. The summed E-state index contributed by atoms with van der Waals surface area (Å²) in [6.07, 6.45) is 66.0. The molecule has 0 aromatic heterocycles. The number of allylic oxidation sites excluding steroid dienone is 12. The van der Waals surface area contributed by atoms with Crippen molar-refractivity contribution in [3.63, 3.8) is 0 Å². The van der Waals surface area contributed by atoms with Crippen LogP contribution in [0.25, 0.3) is 0 Å². The van der Waals surface area contributed by atoms with Crippen LogP contribution >= 0.6 is 0 Å². The van der Waals surface area contributed by atoms with Gasteiger partial charge in [0, 0.05) is 19.3 Å². The van der Waals surface area contributed by atoms with Crippen molar-refractivity contribution in [3.05, 3.63) is 72.9 Å². The molecule has 0 aromatic rings. The molecule has 368 valence electrons. The van der Waals surface area contributed by atoms with Gasteiger partial charge in [0.1, 0.15) is 13.2 Å². The molecule has 0 aliphatic rings. The van der Waals surface area contributed by atoms with Crippen molar-refractivity contribution in [2.45, 2.75) is 264 Å². The number of esters is 3. The Morgan fingerprint density at radius 1 is 0.328 bits per heavy atom. The highest BCUT2D eigenvalue weighted by Crippen LogP contribution is 2.15. The Bertz CT molecular complexity index is 1210. The molecular formula is C58H100O6. The van der Waals surface area contributed by atoms with E-state index in [0.29, 0.717) is 19.3 Å². The van der Waals surface area contributed by atoms with E-state index in [2.05, 4.69) is 93.7 Å². The monoisotopic (exact) mass is 893 g/mol. The Morgan fingerprint density at radius 3 is 1.02 bits per heavy atom. The van der Waals surface area contributed by atoms with Crippen LogP contribution in [0.1, 0.15) is 258 Å². The molecule has 0 aromatic carbocycles. The van der Waals surface area contributed by atoms with Gasteiger partial charge in [-0.15, -0.1) is 0 Å². The van der Waals surface area contributed by atoms with E-state index in [0.717, 1.165) is 103 Å². The highest BCUT2D eigenvalue weighted by atomic mass is 16.6. The highest BCUT2D eigenvalue weighted by Gasteiger charge is 2.19. The van der Waals surface area contributed by atoms with Crippen LogP contribution in [0.2, 0.25) is 0 Å². The summed E-state index contributed by atoms with van der Waals surface area (Å²) < 4.78 is 16.8. The van der Waals surface area contributed by atoms with Gasteiger partial charge in [0.25, 0.3) is 0 Å². The van der Waals surface area contributed by atoms with Crippen molar-refractivity contribution >= 4 is 17.9 Å². The third kappa shape index (κ3) is 49.9. The molecule has 0 aliphatic heterocycles. The second-order valence-corrected chi connectivity index (χ2v) is 17.8. The maximum atomic E-state index is 12.8. The molecule has 0 amide bonds. The lowest BCUT2D eigenvalue weighted by Crippen LogP contribution is -2.30. The molecule has 6 heteroatoms. The number of hydrogen-bond donors (Lipinski definition) is 0. The van der Waals surface area contributed by atoms with Crippen LogP contribution in [0.5, 0.6) is 0 Å². The zero-order valence-corrected chi connectivity index (χ0v) is 42.0. The fourth-order valence-electron chi connectivity index (χ4n) is 7.39. The SMILES string of the molecule is CC/C=C\C/C=C\C/C=C\C/C=C\C/C=C\CCCCCCCCCC(=O)OCC(COC(=O)CCCCCCC/C=C\CCCC)OC(=O)CCCCCCCCCCCCCC.